The maximum Gasteiger partial charge on any atom is 0.495 e. The van der Waals surface area contributed by atoms with Crippen LogP contribution in [0.25, 0.3) is 0 Å². The van der Waals surface area contributed by atoms with Gasteiger partial charge in [-0.1, -0.05) is 35.9 Å². The molecular weight excluding hydrogens is 445 g/mol. The van der Waals surface area contributed by atoms with Crippen LogP contribution >= 0.6 is 22.9 Å². The number of amides is 1. The summed E-state index contributed by atoms with van der Waals surface area (Å²) in [7, 11) is -0.481. The molecule has 0 aliphatic carbocycles. The normalized spacial score (nSPS) is 22.1. The maximum atomic E-state index is 12.9. The Balaban J connectivity index is 1.72. The number of nitrogens with zero attached hydrogens (tertiary/aromatic N) is 1. The summed E-state index contributed by atoms with van der Waals surface area (Å²) in [6, 6.07) is 10.2. The molecule has 172 valence electrons. The second kappa shape index (κ2) is 8.05. The van der Waals surface area contributed by atoms with Gasteiger partial charge in [-0.2, -0.15) is 0 Å². The van der Waals surface area contributed by atoms with Crippen molar-refractivity contribution in [2.24, 2.45) is 0 Å². The van der Waals surface area contributed by atoms with Crippen LogP contribution in [0.4, 0.5) is 4.79 Å². The molecule has 0 spiro atoms. The summed E-state index contributed by atoms with van der Waals surface area (Å²) in [6.07, 6.45) is -0.314. The number of thiophene rings is 1. The first-order valence-corrected chi connectivity index (χ1v) is 12.2. The van der Waals surface area contributed by atoms with Crippen molar-refractivity contribution in [1.29, 1.82) is 0 Å². The van der Waals surface area contributed by atoms with Crippen LogP contribution in [0.1, 0.15) is 70.4 Å². The van der Waals surface area contributed by atoms with Crippen molar-refractivity contribution in [3.05, 3.63) is 50.7 Å². The molecule has 0 bridgehead atoms. The number of hydrogen-bond acceptors (Lipinski definition) is 5. The first-order chi connectivity index (χ1) is 14.8. The lowest BCUT2D eigenvalue weighted by atomic mass is 9.71. The fourth-order valence-corrected chi connectivity index (χ4v) is 5.49. The summed E-state index contributed by atoms with van der Waals surface area (Å²) in [4.78, 5) is 15.8. The van der Waals surface area contributed by atoms with E-state index in [1.807, 2.05) is 39.0 Å². The van der Waals surface area contributed by atoms with Gasteiger partial charge in [-0.05, 0) is 71.1 Å². The molecule has 5 nitrogen and oxygen atoms in total. The van der Waals surface area contributed by atoms with E-state index in [0.29, 0.717) is 13.1 Å². The highest BCUT2D eigenvalue weighted by atomic mass is 35.5. The van der Waals surface area contributed by atoms with Crippen LogP contribution in [0, 0.1) is 0 Å². The molecule has 1 amide bonds. The lowest BCUT2D eigenvalue weighted by Crippen LogP contribution is -2.44. The van der Waals surface area contributed by atoms with E-state index in [9.17, 15) is 4.79 Å². The third-order valence-electron chi connectivity index (χ3n) is 6.45. The second-order valence-electron chi connectivity index (χ2n) is 10.6. The molecule has 32 heavy (non-hydrogen) atoms. The summed E-state index contributed by atoms with van der Waals surface area (Å²) in [5.74, 6) is -0.0507. The van der Waals surface area contributed by atoms with Crippen molar-refractivity contribution in [3.63, 3.8) is 0 Å². The summed E-state index contributed by atoms with van der Waals surface area (Å²) >= 11 is 7.93. The summed E-state index contributed by atoms with van der Waals surface area (Å²) in [5.41, 5.74) is 1.79. The number of benzene rings is 1. The topological polar surface area (TPSA) is 48.0 Å². The Morgan fingerprint density at radius 3 is 2.41 bits per heavy atom. The Morgan fingerprint density at radius 2 is 1.78 bits per heavy atom. The standard InChI is InChI=1S/C24H31BClNO4S/c1-22(2,3)29-21(28)27-13-17(16-12-20(26)32-19(16)14-27)15-10-8-9-11-18(15)25-30-23(4,5)24(6,7)31-25/h8-12,17H,13-14H2,1-7H3. The Labute approximate surface area is 200 Å². The van der Waals surface area contributed by atoms with Gasteiger partial charge in [0.2, 0.25) is 0 Å². The Kier molecular flexibility index (Phi) is 5.94. The highest BCUT2D eigenvalue weighted by Gasteiger charge is 2.52. The largest absolute Gasteiger partial charge is 0.495 e. The summed E-state index contributed by atoms with van der Waals surface area (Å²) in [6.45, 7) is 14.9. The van der Waals surface area contributed by atoms with Crippen LogP contribution in [0.3, 0.4) is 0 Å². The highest BCUT2D eigenvalue weighted by molar-refractivity contribution is 7.16. The number of ether oxygens (including phenoxy) is 1. The molecule has 0 radical (unpaired) electrons. The molecule has 2 aliphatic rings. The van der Waals surface area contributed by atoms with Crippen molar-refractivity contribution in [2.75, 3.05) is 6.54 Å². The van der Waals surface area contributed by atoms with E-state index in [1.165, 1.54) is 11.3 Å². The van der Waals surface area contributed by atoms with Crippen molar-refractivity contribution >= 4 is 41.6 Å². The molecular formula is C24H31BClNO4S. The number of fused-ring (bicyclic) bond motifs is 1. The molecule has 8 heteroatoms. The predicted octanol–water partition coefficient (Wildman–Crippen LogP) is 5.58. The zero-order valence-electron chi connectivity index (χ0n) is 19.8. The minimum atomic E-state index is -0.555. The van der Waals surface area contributed by atoms with Crippen LogP contribution in [0.15, 0.2) is 30.3 Å². The average molecular weight is 476 g/mol. The fraction of sp³-hybridized carbons (Fsp3) is 0.542. The number of hydrogen-bond donors (Lipinski definition) is 0. The van der Waals surface area contributed by atoms with E-state index in [1.54, 1.807) is 4.90 Å². The predicted molar refractivity (Wildman–Crippen MR) is 130 cm³/mol. The van der Waals surface area contributed by atoms with Gasteiger partial charge < -0.3 is 18.9 Å². The van der Waals surface area contributed by atoms with Crippen molar-refractivity contribution in [3.8, 4) is 0 Å². The zero-order chi connectivity index (χ0) is 23.5. The fourth-order valence-electron chi connectivity index (χ4n) is 4.13. The molecule has 1 unspecified atom stereocenters. The maximum absolute atomic E-state index is 12.9. The molecule has 1 aromatic carbocycles. The summed E-state index contributed by atoms with van der Waals surface area (Å²) < 4.78 is 19.1. The lowest BCUT2D eigenvalue weighted by molar-refractivity contribution is 0.00578. The van der Waals surface area contributed by atoms with Gasteiger partial charge >= 0.3 is 13.2 Å². The van der Waals surface area contributed by atoms with Crippen LogP contribution < -0.4 is 5.46 Å². The molecule has 0 saturated carbocycles. The third kappa shape index (κ3) is 4.45. The van der Waals surface area contributed by atoms with Crippen LogP contribution in [-0.2, 0) is 20.6 Å². The van der Waals surface area contributed by atoms with Crippen LogP contribution in [0.5, 0.6) is 0 Å². The van der Waals surface area contributed by atoms with Gasteiger partial charge in [-0.15, -0.1) is 11.3 Å². The smallest absolute Gasteiger partial charge is 0.444 e. The molecule has 1 aromatic heterocycles. The number of carbonyl (C=O) groups excluding carboxylic acids is 1. The molecule has 1 fully saturated rings. The minimum Gasteiger partial charge on any atom is -0.444 e. The van der Waals surface area contributed by atoms with Crippen LogP contribution in [-0.4, -0.2) is 41.5 Å². The third-order valence-corrected chi connectivity index (χ3v) is 7.72. The first kappa shape index (κ1) is 23.6. The van der Waals surface area contributed by atoms with Crippen molar-refractivity contribution in [2.45, 2.75) is 77.7 Å². The number of halogens is 1. The molecule has 0 N–H and O–H groups in total. The lowest BCUT2D eigenvalue weighted by Gasteiger charge is -2.35. The Hall–Kier alpha value is -1.54. The van der Waals surface area contributed by atoms with Gasteiger partial charge in [-0.25, -0.2) is 4.79 Å². The molecule has 1 atom stereocenters. The first-order valence-electron chi connectivity index (χ1n) is 11.0. The average Bonchev–Trinajstić information content (AvgIpc) is 3.14. The number of carbonyl (C=O) groups is 1. The van der Waals surface area contributed by atoms with E-state index in [-0.39, 0.29) is 12.0 Å². The van der Waals surface area contributed by atoms with Crippen LogP contribution in [0.2, 0.25) is 4.34 Å². The molecule has 4 rings (SSSR count). The Morgan fingerprint density at radius 1 is 1.16 bits per heavy atom. The van der Waals surface area contributed by atoms with Gasteiger partial charge in [0.05, 0.1) is 22.1 Å². The number of rotatable bonds is 2. The molecule has 2 aromatic rings. The van der Waals surface area contributed by atoms with Gasteiger partial charge in [0, 0.05) is 17.3 Å². The molecule has 3 heterocycles. The van der Waals surface area contributed by atoms with Gasteiger partial charge in [-0.3, -0.25) is 0 Å². The monoisotopic (exact) mass is 475 g/mol. The SMILES string of the molecule is CC(C)(C)OC(=O)N1Cc2sc(Cl)cc2C(c2ccccc2B2OC(C)(C)C(C)(C)O2)C1. The summed E-state index contributed by atoms with van der Waals surface area (Å²) in [5, 5.41) is 0. The van der Waals surface area contributed by atoms with Crippen molar-refractivity contribution in [1.82, 2.24) is 4.90 Å². The van der Waals surface area contributed by atoms with Crippen molar-refractivity contribution < 1.29 is 18.8 Å². The van der Waals surface area contributed by atoms with E-state index in [4.69, 9.17) is 25.6 Å². The van der Waals surface area contributed by atoms with E-state index in [2.05, 4.69) is 39.8 Å². The molecule has 2 aliphatic heterocycles. The van der Waals surface area contributed by atoms with Gasteiger partial charge in [0.25, 0.3) is 0 Å². The van der Waals surface area contributed by atoms with E-state index in [0.717, 1.165) is 25.8 Å². The molecule has 1 saturated heterocycles. The minimum absolute atomic E-state index is 0.0507. The van der Waals surface area contributed by atoms with Gasteiger partial charge in [0.1, 0.15) is 5.60 Å². The Bertz CT molecular complexity index is 1010. The quantitative estimate of drug-likeness (QED) is 0.532. The van der Waals surface area contributed by atoms with Gasteiger partial charge in [0.15, 0.2) is 0 Å². The highest BCUT2D eigenvalue weighted by Crippen LogP contribution is 2.41. The second-order valence-corrected chi connectivity index (χ2v) is 12.3. The van der Waals surface area contributed by atoms with E-state index >= 15 is 0 Å². The zero-order valence-corrected chi connectivity index (χ0v) is 21.4. The van der Waals surface area contributed by atoms with E-state index < -0.39 is 23.9 Å².